The van der Waals surface area contributed by atoms with Crippen molar-refractivity contribution in [2.75, 3.05) is 0 Å². The maximum atomic E-state index is 9.98. The van der Waals surface area contributed by atoms with Crippen LogP contribution in [-0.2, 0) is 14.7 Å². The number of hydrogen-bond donors (Lipinski definition) is 1. The van der Waals surface area contributed by atoms with E-state index in [1.54, 1.807) is 6.92 Å². The summed E-state index contributed by atoms with van der Waals surface area (Å²) < 4.78 is 0. The molecule has 0 aromatic heterocycles. The van der Waals surface area contributed by atoms with Crippen LogP contribution in [0, 0.1) is 0 Å². The van der Waals surface area contributed by atoms with E-state index in [2.05, 4.69) is 15.8 Å². The molecule has 7 heavy (non-hydrogen) atoms. The molecule has 0 unspecified atom stereocenters. The monoisotopic (exact) mass is 105 g/mol. The van der Waals surface area contributed by atoms with Gasteiger partial charge in [-0.2, -0.15) is 5.90 Å². The molecule has 4 nitrogen and oxygen atoms in total. The summed E-state index contributed by atoms with van der Waals surface area (Å²) >= 11 is 0. The van der Waals surface area contributed by atoms with Crippen molar-refractivity contribution >= 4 is 5.97 Å². The highest BCUT2D eigenvalue weighted by molar-refractivity contribution is 5.68. The van der Waals surface area contributed by atoms with E-state index in [9.17, 15) is 4.79 Å². The molecule has 0 spiro atoms. The minimum Gasteiger partial charge on any atom is -0.280 e. The van der Waals surface area contributed by atoms with Gasteiger partial charge >= 0.3 is 5.97 Å². The Morgan fingerprint density at radius 1 is 1.86 bits per heavy atom. The first-order valence-corrected chi connectivity index (χ1v) is 1.87. The summed E-state index contributed by atoms with van der Waals surface area (Å²) in [6.07, 6.45) is 0.275. The van der Waals surface area contributed by atoms with Crippen molar-refractivity contribution in [1.29, 1.82) is 0 Å². The van der Waals surface area contributed by atoms with Crippen LogP contribution < -0.4 is 5.90 Å². The average molecular weight is 105 g/mol. The lowest BCUT2D eigenvalue weighted by Gasteiger charge is -1.90. The van der Waals surface area contributed by atoms with Gasteiger partial charge in [-0.3, -0.25) is 4.89 Å². The number of carbonyl (C=O) groups excluding carboxylic acids is 1. The molecule has 0 amide bonds. The van der Waals surface area contributed by atoms with Gasteiger partial charge in [-0.05, 0) is 0 Å². The Hall–Kier alpha value is -0.610. The molecule has 0 heterocycles. The Morgan fingerprint density at radius 3 is 2.57 bits per heavy atom. The van der Waals surface area contributed by atoms with E-state index in [1.165, 1.54) is 0 Å². The fraction of sp³-hybridized carbons (Fsp3) is 0.667. The van der Waals surface area contributed by atoms with Crippen LogP contribution in [0.25, 0.3) is 0 Å². The van der Waals surface area contributed by atoms with Crippen molar-refractivity contribution < 1.29 is 14.7 Å². The zero-order valence-electron chi connectivity index (χ0n) is 4.01. The van der Waals surface area contributed by atoms with Gasteiger partial charge in [0.05, 0.1) is 0 Å². The lowest BCUT2D eigenvalue weighted by molar-refractivity contribution is -0.275. The third-order valence-electron chi connectivity index (χ3n) is 0.430. The topological polar surface area (TPSA) is 61.5 Å². The maximum Gasteiger partial charge on any atom is 0.344 e. The summed E-state index contributed by atoms with van der Waals surface area (Å²) in [5.74, 6) is 3.89. The van der Waals surface area contributed by atoms with Gasteiger partial charge < -0.3 is 0 Å². The smallest absolute Gasteiger partial charge is 0.280 e. The molecule has 0 aliphatic carbocycles. The van der Waals surface area contributed by atoms with Gasteiger partial charge in [0.25, 0.3) is 0 Å². The lowest BCUT2D eigenvalue weighted by Crippen LogP contribution is -2.07. The van der Waals surface area contributed by atoms with E-state index < -0.39 is 5.97 Å². The van der Waals surface area contributed by atoms with E-state index in [4.69, 9.17) is 0 Å². The first-order valence-electron chi connectivity index (χ1n) is 1.87. The van der Waals surface area contributed by atoms with Crippen LogP contribution in [0.15, 0.2) is 0 Å². The van der Waals surface area contributed by atoms with E-state index >= 15 is 0 Å². The van der Waals surface area contributed by atoms with E-state index in [1.807, 2.05) is 0 Å². The highest BCUT2D eigenvalue weighted by Crippen LogP contribution is 1.79. The summed E-state index contributed by atoms with van der Waals surface area (Å²) in [5.41, 5.74) is 0. The van der Waals surface area contributed by atoms with Crippen molar-refractivity contribution in [2.24, 2.45) is 5.90 Å². The second-order valence-corrected chi connectivity index (χ2v) is 0.905. The molecule has 2 N–H and O–H groups in total. The fourth-order valence-electron chi connectivity index (χ4n) is 0.113. The minimum atomic E-state index is -0.470. The van der Waals surface area contributed by atoms with Crippen LogP contribution in [0.1, 0.15) is 13.3 Å². The highest BCUT2D eigenvalue weighted by atomic mass is 17.3. The maximum absolute atomic E-state index is 9.98. The normalized spacial score (nSPS) is 8.29. The van der Waals surface area contributed by atoms with Crippen molar-refractivity contribution in [2.45, 2.75) is 13.3 Å². The molecule has 0 aromatic rings. The molecule has 0 fully saturated rings. The van der Waals surface area contributed by atoms with Crippen LogP contribution in [0.3, 0.4) is 0 Å². The predicted octanol–water partition coefficient (Wildman–Crippen LogP) is -0.255. The van der Waals surface area contributed by atoms with Crippen LogP contribution in [-0.4, -0.2) is 5.97 Å². The number of carbonyl (C=O) groups is 1. The molecular weight excluding hydrogens is 98.0 g/mol. The molecule has 4 heteroatoms. The zero-order valence-corrected chi connectivity index (χ0v) is 4.01. The van der Waals surface area contributed by atoms with Gasteiger partial charge in [0, 0.05) is 6.42 Å². The largest absolute Gasteiger partial charge is 0.344 e. The second kappa shape index (κ2) is 3.58. The fourth-order valence-corrected chi connectivity index (χ4v) is 0.113. The van der Waals surface area contributed by atoms with Crippen LogP contribution >= 0.6 is 0 Å². The Balaban J connectivity index is 3.00. The van der Waals surface area contributed by atoms with Crippen molar-refractivity contribution in [3.63, 3.8) is 0 Å². The van der Waals surface area contributed by atoms with Crippen LogP contribution in [0.5, 0.6) is 0 Å². The molecule has 0 aliphatic rings. The van der Waals surface area contributed by atoms with Gasteiger partial charge in [-0.25, -0.2) is 4.79 Å². The van der Waals surface area contributed by atoms with E-state index in [0.717, 1.165) is 0 Å². The van der Waals surface area contributed by atoms with Gasteiger partial charge in [-0.1, -0.05) is 11.9 Å². The molecule has 0 atom stereocenters. The van der Waals surface area contributed by atoms with Gasteiger partial charge in [0.15, 0.2) is 0 Å². The molecule has 0 aliphatic heterocycles. The second-order valence-electron chi connectivity index (χ2n) is 0.905. The molecular formula is C3H7NO3. The number of rotatable bonds is 2. The molecule has 0 saturated heterocycles. The molecule has 0 aromatic carbocycles. The molecule has 0 radical (unpaired) electrons. The quantitative estimate of drug-likeness (QED) is 0.388. The number of nitrogens with two attached hydrogens (primary N) is 1. The van der Waals surface area contributed by atoms with Crippen molar-refractivity contribution in [3.8, 4) is 0 Å². The van der Waals surface area contributed by atoms with Gasteiger partial charge in [0.1, 0.15) is 0 Å². The molecule has 0 bridgehead atoms. The van der Waals surface area contributed by atoms with Crippen LogP contribution in [0.2, 0.25) is 0 Å². The first-order chi connectivity index (χ1) is 3.31. The van der Waals surface area contributed by atoms with Crippen LogP contribution in [0.4, 0.5) is 0 Å². The SMILES string of the molecule is CCC(=O)OON. The Kier molecular flexibility index (Phi) is 3.26. The lowest BCUT2D eigenvalue weighted by atomic mass is 10.5. The summed E-state index contributed by atoms with van der Waals surface area (Å²) in [4.78, 5) is 17.4. The van der Waals surface area contributed by atoms with E-state index in [0.29, 0.717) is 0 Å². The molecule has 0 rings (SSSR count). The van der Waals surface area contributed by atoms with Gasteiger partial charge in [0.2, 0.25) is 0 Å². The summed E-state index contributed by atoms with van der Waals surface area (Å²) in [7, 11) is 0. The minimum absolute atomic E-state index is 0.275. The van der Waals surface area contributed by atoms with E-state index in [-0.39, 0.29) is 6.42 Å². The first kappa shape index (κ1) is 6.39. The van der Waals surface area contributed by atoms with Crippen molar-refractivity contribution in [1.82, 2.24) is 0 Å². The van der Waals surface area contributed by atoms with Gasteiger partial charge in [-0.15, -0.1) is 0 Å². The third-order valence-corrected chi connectivity index (χ3v) is 0.430. The summed E-state index contributed by atoms with van der Waals surface area (Å²) in [6.45, 7) is 1.64. The Labute approximate surface area is 41.1 Å². The summed E-state index contributed by atoms with van der Waals surface area (Å²) in [5, 5.41) is 0. The third kappa shape index (κ3) is 3.21. The number of hydrogen-bond acceptors (Lipinski definition) is 4. The Morgan fingerprint density at radius 2 is 2.43 bits per heavy atom. The highest BCUT2D eigenvalue weighted by Gasteiger charge is 1.94. The van der Waals surface area contributed by atoms with Crippen molar-refractivity contribution in [3.05, 3.63) is 0 Å². The molecule has 0 saturated carbocycles. The standard InChI is InChI=1S/C3H7NO3/c1-2-3(5)6-7-4/h2,4H2,1H3. The Bertz CT molecular complexity index is 63.2. The average Bonchev–Trinajstić information content (AvgIpc) is 1.68. The predicted molar refractivity (Wildman–Crippen MR) is 21.7 cm³/mol. The zero-order chi connectivity index (χ0) is 5.70. The molecule has 42 valence electrons. The summed E-state index contributed by atoms with van der Waals surface area (Å²) in [6, 6.07) is 0.